The van der Waals surface area contributed by atoms with Crippen LogP contribution in [-0.2, 0) is 0 Å². The Hall–Kier alpha value is -1.09. The highest BCUT2D eigenvalue weighted by Gasteiger charge is 2.32. The monoisotopic (exact) mass is 191 g/mol. The van der Waals surface area contributed by atoms with Crippen molar-refractivity contribution in [2.75, 3.05) is 12.3 Å². The van der Waals surface area contributed by atoms with E-state index in [1.165, 1.54) is 12.8 Å². The molecule has 0 bridgehead atoms. The van der Waals surface area contributed by atoms with Crippen molar-refractivity contribution in [3.63, 3.8) is 0 Å². The molecule has 0 saturated heterocycles. The number of nitrogens with zero attached hydrogens (tertiary/aromatic N) is 1. The highest BCUT2D eigenvalue weighted by atomic mass is 14.9. The first-order chi connectivity index (χ1) is 6.83. The second kappa shape index (κ2) is 3.96. The lowest BCUT2D eigenvalue weighted by Gasteiger charge is -2.18. The Balaban J connectivity index is 2.21. The zero-order valence-corrected chi connectivity index (χ0v) is 8.53. The van der Waals surface area contributed by atoms with Crippen molar-refractivity contribution in [1.29, 1.82) is 0 Å². The van der Waals surface area contributed by atoms with Crippen molar-refractivity contribution in [2.45, 2.75) is 25.8 Å². The molecule has 1 aliphatic rings. The number of hydrogen-bond acceptors (Lipinski definition) is 3. The first-order valence-electron chi connectivity index (χ1n) is 5.25. The van der Waals surface area contributed by atoms with Crippen molar-refractivity contribution < 1.29 is 0 Å². The molecule has 76 valence electrons. The molecule has 3 nitrogen and oxygen atoms in total. The Labute approximate surface area is 84.7 Å². The number of pyridine rings is 1. The van der Waals surface area contributed by atoms with E-state index in [1.54, 1.807) is 6.20 Å². The average Bonchev–Trinajstić information content (AvgIpc) is 2.99. The molecule has 3 N–H and O–H groups in total. The van der Waals surface area contributed by atoms with E-state index in [4.69, 9.17) is 5.73 Å². The van der Waals surface area contributed by atoms with Gasteiger partial charge < -0.3 is 11.1 Å². The summed E-state index contributed by atoms with van der Waals surface area (Å²) in [5.41, 5.74) is 7.96. The number of anilines is 1. The summed E-state index contributed by atoms with van der Waals surface area (Å²) < 4.78 is 0. The first-order valence-corrected chi connectivity index (χ1v) is 5.25. The van der Waals surface area contributed by atoms with Gasteiger partial charge in [-0.2, -0.15) is 0 Å². The maximum Gasteiger partial charge on any atom is 0.0393 e. The van der Waals surface area contributed by atoms with Gasteiger partial charge in [0.1, 0.15) is 0 Å². The molecule has 0 amide bonds. The van der Waals surface area contributed by atoms with E-state index in [-0.39, 0.29) is 0 Å². The number of rotatable bonds is 4. The summed E-state index contributed by atoms with van der Waals surface area (Å²) >= 11 is 0. The summed E-state index contributed by atoms with van der Waals surface area (Å²) in [6.45, 7) is 3.11. The van der Waals surface area contributed by atoms with Crippen LogP contribution in [0, 0.1) is 5.92 Å². The third-order valence-electron chi connectivity index (χ3n) is 2.74. The second-order valence-electron chi connectivity index (χ2n) is 3.88. The smallest absolute Gasteiger partial charge is 0.0393 e. The lowest BCUT2D eigenvalue weighted by Crippen LogP contribution is -2.23. The highest BCUT2D eigenvalue weighted by molar-refractivity contribution is 5.46. The molecule has 1 aromatic heterocycles. The molecule has 14 heavy (non-hydrogen) atoms. The normalized spacial score (nSPS) is 18.1. The first kappa shape index (κ1) is 9.46. The van der Waals surface area contributed by atoms with Gasteiger partial charge >= 0.3 is 0 Å². The fourth-order valence-corrected chi connectivity index (χ4v) is 1.86. The van der Waals surface area contributed by atoms with Gasteiger partial charge in [-0.15, -0.1) is 0 Å². The third-order valence-corrected chi connectivity index (χ3v) is 2.74. The van der Waals surface area contributed by atoms with Crippen LogP contribution in [0.4, 0.5) is 5.69 Å². The number of nitrogens with one attached hydrogen (secondary N) is 1. The van der Waals surface area contributed by atoms with E-state index >= 15 is 0 Å². The van der Waals surface area contributed by atoms with Crippen molar-refractivity contribution in [2.24, 2.45) is 5.92 Å². The standard InChI is InChI=1S/C11H17N3/c1-2-14-11(8-3-4-8)9-7-13-6-5-10(9)12/h5-8,11,14H,2-4H2,1H3,(H2,12,13). The zero-order chi connectivity index (χ0) is 9.97. The van der Waals surface area contributed by atoms with Crippen LogP contribution < -0.4 is 11.1 Å². The van der Waals surface area contributed by atoms with Gasteiger partial charge in [0.15, 0.2) is 0 Å². The summed E-state index contributed by atoms with van der Waals surface area (Å²) in [6.07, 6.45) is 6.26. The van der Waals surface area contributed by atoms with Gasteiger partial charge in [0.05, 0.1) is 0 Å². The van der Waals surface area contributed by atoms with Crippen molar-refractivity contribution in [3.8, 4) is 0 Å². The molecular formula is C11H17N3. The lowest BCUT2D eigenvalue weighted by molar-refractivity contribution is 0.496. The maximum atomic E-state index is 5.94. The Morgan fingerprint density at radius 1 is 1.64 bits per heavy atom. The zero-order valence-electron chi connectivity index (χ0n) is 8.53. The minimum Gasteiger partial charge on any atom is -0.398 e. The molecule has 1 aromatic rings. The Bertz CT molecular complexity index is 307. The molecule has 1 unspecified atom stereocenters. The van der Waals surface area contributed by atoms with Gasteiger partial charge in [-0.1, -0.05) is 6.92 Å². The Kier molecular flexibility index (Phi) is 2.68. The van der Waals surface area contributed by atoms with E-state index in [0.717, 1.165) is 23.7 Å². The van der Waals surface area contributed by atoms with Crippen molar-refractivity contribution >= 4 is 5.69 Å². The van der Waals surface area contributed by atoms with E-state index in [0.29, 0.717) is 6.04 Å². The summed E-state index contributed by atoms with van der Waals surface area (Å²) in [5.74, 6) is 0.765. The van der Waals surface area contributed by atoms with Crippen LogP contribution in [0.15, 0.2) is 18.5 Å². The van der Waals surface area contributed by atoms with E-state index in [2.05, 4.69) is 17.2 Å². The predicted octanol–water partition coefficient (Wildman–Crippen LogP) is 1.72. The van der Waals surface area contributed by atoms with Gasteiger partial charge in [-0.05, 0) is 31.4 Å². The van der Waals surface area contributed by atoms with Gasteiger partial charge in [0.25, 0.3) is 0 Å². The minimum absolute atomic E-state index is 0.411. The molecule has 3 heteroatoms. The summed E-state index contributed by atoms with van der Waals surface area (Å²) in [5, 5.41) is 3.48. The average molecular weight is 191 g/mol. The van der Waals surface area contributed by atoms with Crippen LogP contribution in [0.2, 0.25) is 0 Å². The van der Waals surface area contributed by atoms with Crippen LogP contribution in [0.25, 0.3) is 0 Å². The number of hydrogen-bond donors (Lipinski definition) is 2. The number of aromatic nitrogens is 1. The van der Waals surface area contributed by atoms with Crippen LogP contribution in [-0.4, -0.2) is 11.5 Å². The van der Waals surface area contributed by atoms with Crippen LogP contribution in [0.3, 0.4) is 0 Å². The van der Waals surface area contributed by atoms with Crippen LogP contribution in [0.5, 0.6) is 0 Å². The molecule has 1 heterocycles. The second-order valence-corrected chi connectivity index (χ2v) is 3.88. The van der Waals surface area contributed by atoms with E-state index in [9.17, 15) is 0 Å². The van der Waals surface area contributed by atoms with Crippen LogP contribution in [0.1, 0.15) is 31.4 Å². The minimum atomic E-state index is 0.411. The highest BCUT2D eigenvalue weighted by Crippen LogP contribution is 2.42. The van der Waals surface area contributed by atoms with Gasteiger partial charge in [0, 0.05) is 29.7 Å². The Morgan fingerprint density at radius 2 is 2.43 bits per heavy atom. The fourth-order valence-electron chi connectivity index (χ4n) is 1.86. The van der Waals surface area contributed by atoms with Crippen LogP contribution >= 0.6 is 0 Å². The summed E-state index contributed by atoms with van der Waals surface area (Å²) in [6, 6.07) is 2.29. The molecule has 0 spiro atoms. The van der Waals surface area contributed by atoms with Crippen molar-refractivity contribution in [1.82, 2.24) is 10.3 Å². The van der Waals surface area contributed by atoms with E-state index < -0.39 is 0 Å². The van der Waals surface area contributed by atoms with Gasteiger partial charge in [0.2, 0.25) is 0 Å². The molecule has 1 saturated carbocycles. The summed E-state index contributed by atoms with van der Waals surface area (Å²) in [7, 11) is 0. The molecule has 2 rings (SSSR count). The van der Waals surface area contributed by atoms with Crippen molar-refractivity contribution in [3.05, 3.63) is 24.0 Å². The molecule has 0 aliphatic heterocycles. The maximum absolute atomic E-state index is 5.94. The fraction of sp³-hybridized carbons (Fsp3) is 0.545. The summed E-state index contributed by atoms with van der Waals surface area (Å²) in [4.78, 5) is 4.14. The molecular weight excluding hydrogens is 174 g/mol. The number of nitrogens with two attached hydrogens (primary N) is 1. The molecule has 1 fully saturated rings. The lowest BCUT2D eigenvalue weighted by atomic mass is 10.0. The molecule has 0 aromatic carbocycles. The van der Waals surface area contributed by atoms with E-state index in [1.807, 2.05) is 12.3 Å². The molecule has 1 atom stereocenters. The topological polar surface area (TPSA) is 50.9 Å². The number of nitrogen functional groups attached to an aromatic ring is 1. The van der Waals surface area contributed by atoms with Gasteiger partial charge in [-0.25, -0.2) is 0 Å². The molecule has 0 radical (unpaired) electrons. The molecule has 1 aliphatic carbocycles. The SMILES string of the molecule is CCNC(c1cnccc1N)C1CC1. The Morgan fingerprint density at radius 3 is 3.00 bits per heavy atom. The van der Waals surface area contributed by atoms with Gasteiger partial charge in [-0.3, -0.25) is 4.98 Å². The largest absolute Gasteiger partial charge is 0.398 e. The third kappa shape index (κ3) is 1.87. The quantitative estimate of drug-likeness (QED) is 0.762. The predicted molar refractivity (Wildman–Crippen MR) is 57.8 cm³/mol.